The number of hydrogen-bond donors (Lipinski definition) is 1. The third-order valence-electron chi connectivity index (χ3n) is 2.84. The van der Waals surface area contributed by atoms with Gasteiger partial charge in [-0.1, -0.05) is 19.1 Å². The van der Waals surface area contributed by atoms with Gasteiger partial charge in [-0.2, -0.15) is 0 Å². The summed E-state index contributed by atoms with van der Waals surface area (Å²) in [5, 5.41) is 3.33. The zero-order valence-corrected chi connectivity index (χ0v) is 11.7. The number of hydrogen-bond acceptors (Lipinski definition) is 3. The first kappa shape index (κ1) is 15.0. The van der Waals surface area contributed by atoms with Crippen molar-refractivity contribution in [2.45, 2.75) is 32.7 Å². The van der Waals surface area contributed by atoms with Crippen LogP contribution in [-0.2, 0) is 4.74 Å². The van der Waals surface area contributed by atoms with E-state index in [0.717, 1.165) is 31.8 Å². The third-order valence-corrected chi connectivity index (χ3v) is 2.84. The minimum absolute atomic E-state index is 0.345. The van der Waals surface area contributed by atoms with E-state index in [-0.39, 0.29) is 0 Å². The molecule has 1 atom stereocenters. The quantitative estimate of drug-likeness (QED) is 0.684. The average molecular weight is 251 g/mol. The van der Waals surface area contributed by atoms with Gasteiger partial charge in [-0.05, 0) is 44.5 Å². The second-order valence-corrected chi connectivity index (χ2v) is 4.24. The van der Waals surface area contributed by atoms with Gasteiger partial charge in [-0.3, -0.25) is 0 Å². The molecule has 1 N–H and O–H groups in total. The first-order valence-corrected chi connectivity index (χ1v) is 6.79. The summed E-state index contributed by atoms with van der Waals surface area (Å²) in [5.41, 5.74) is 1.28. The van der Waals surface area contributed by atoms with Gasteiger partial charge in [-0.15, -0.1) is 0 Å². The van der Waals surface area contributed by atoms with E-state index in [2.05, 4.69) is 24.4 Å². The van der Waals surface area contributed by atoms with Crippen LogP contribution < -0.4 is 10.1 Å². The van der Waals surface area contributed by atoms with Crippen molar-refractivity contribution < 1.29 is 9.47 Å². The van der Waals surface area contributed by atoms with Crippen molar-refractivity contribution in [1.82, 2.24) is 5.32 Å². The van der Waals surface area contributed by atoms with Crippen LogP contribution in [-0.4, -0.2) is 26.9 Å². The first-order chi connectivity index (χ1) is 8.81. The topological polar surface area (TPSA) is 30.5 Å². The second-order valence-electron chi connectivity index (χ2n) is 4.24. The molecule has 0 radical (unpaired) electrons. The maximum absolute atomic E-state index is 5.53. The minimum Gasteiger partial charge on any atom is -0.494 e. The Morgan fingerprint density at radius 1 is 1.11 bits per heavy atom. The Morgan fingerprint density at radius 2 is 1.83 bits per heavy atom. The lowest BCUT2D eigenvalue weighted by Gasteiger charge is -2.17. The van der Waals surface area contributed by atoms with E-state index in [1.165, 1.54) is 5.56 Å². The van der Waals surface area contributed by atoms with Gasteiger partial charge in [0.15, 0.2) is 0 Å². The number of nitrogens with one attached hydrogen (secondary N) is 1. The number of benzene rings is 1. The fourth-order valence-electron chi connectivity index (χ4n) is 1.89. The van der Waals surface area contributed by atoms with E-state index in [4.69, 9.17) is 9.47 Å². The summed E-state index contributed by atoms with van der Waals surface area (Å²) in [5.74, 6) is 0.929. The highest BCUT2D eigenvalue weighted by Gasteiger charge is 2.08. The molecule has 0 heterocycles. The van der Waals surface area contributed by atoms with Crippen molar-refractivity contribution in [3.05, 3.63) is 29.8 Å². The van der Waals surface area contributed by atoms with E-state index >= 15 is 0 Å². The van der Waals surface area contributed by atoms with Crippen LogP contribution in [0.2, 0.25) is 0 Å². The monoisotopic (exact) mass is 251 g/mol. The molecule has 0 aromatic heterocycles. The fraction of sp³-hybridized carbons (Fsp3) is 0.600. The summed E-state index contributed by atoms with van der Waals surface area (Å²) < 4.78 is 11.0. The molecule has 0 saturated heterocycles. The lowest BCUT2D eigenvalue weighted by atomic mass is 10.0. The molecular weight excluding hydrogens is 226 g/mol. The highest BCUT2D eigenvalue weighted by molar-refractivity contribution is 5.29. The van der Waals surface area contributed by atoms with Crippen LogP contribution in [0.25, 0.3) is 0 Å². The van der Waals surface area contributed by atoms with Gasteiger partial charge in [0, 0.05) is 19.3 Å². The number of rotatable bonds is 9. The van der Waals surface area contributed by atoms with Crippen LogP contribution in [0.4, 0.5) is 0 Å². The van der Waals surface area contributed by atoms with Crippen LogP contribution in [0.3, 0.4) is 0 Å². The predicted octanol–water partition coefficient (Wildman–Crippen LogP) is 3.16. The smallest absolute Gasteiger partial charge is 0.119 e. The Labute approximate surface area is 110 Å². The standard InChI is InChI=1S/C15H25NO2/c1-4-11-17-12-10-15(16-3)13-6-8-14(9-7-13)18-5-2/h6-9,15-16H,4-5,10-12H2,1-3H3. The molecule has 0 spiro atoms. The van der Waals surface area contributed by atoms with Gasteiger partial charge in [-0.25, -0.2) is 0 Å². The summed E-state index contributed by atoms with van der Waals surface area (Å²) in [6, 6.07) is 8.63. The lowest BCUT2D eigenvalue weighted by Crippen LogP contribution is -2.18. The normalized spacial score (nSPS) is 12.4. The maximum Gasteiger partial charge on any atom is 0.119 e. The second kappa shape index (κ2) is 8.95. The van der Waals surface area contributed by atoms with E-state index in [9.17, 15) is 0 Å². The molecule has 18 heavy (non-hydrogen) atoms. The van der Waals surface area contributed by atoms with Crippen LogP contribution in [0.5, 0.6) is 5.75 Å². The number of ether oxygens (including phenoxy) is 2. The van der Waals surface area contributed by atoms with Crippen LogP contribution >= 0.6 is 0 Å². The van der Waals surface area contributed by atoms with Crippen LogP contribution in [0.15, 0.2) is 24.3 Å². The highest BCUT2D eigenvalue weighted by Crippen LogP contribution is 2.20. The predicted molar refractivity (Wildman–Crippen MR) is 75.1 cm³/mol. The molecule has 102 valence electrons. The van der Waals surface area contributed by atoms with Gasteiger partial charge in [0.1, 0.15) is 5.75 Å². The largest absolute Gasteiger partial charge is 0.494 e. The third kappa shape index (κ3) is 5.07. The van der Waals surface area contributed by atoms with Gasteiger partial charge >= 0.3 is 0 Å². The van der Waals surface area contributed by atoms with Gasteiger partial charge in [0.25, 0.3) is 0 Å². The van der Waals surface area contributed by atoms with Crippen molar-refractivity contribution in [2.75, 3.05) is 26.9 Å². The van der Waals surface area contributed by atoms with Gasteiger partial charge < -0.3 is 14.8 Å². The molecule has 0 bridgehead atoms. The Morgan fingerprint density at radius 3 is 2.39 bits per heavy atom. The molecule has 1 rings (SSSR count). The Bertz CT molecular complexity index is 311. The SMILES string of the molecule is CCCOCCC(NC)c1ccc(OCC)cc1. The molecule has 0 saturated carbocycles. The Balaban J connectivity index is 2.48. The Kier molecular flexibility index (Phi) is 7.46. The zero-order valence-electron chi connectivity index (χ0n) is 11.7. The highest BCUT2D eigenvalue weighted by atomic mass is 16.5. The van der Waals surface area contributed by atoms with Crippen LogP contribution in [0.1, 0.15) is 38.3 Å². The molecular formula is C15H25NO2. The zero-order chi connectivity index (χ0) is 13.2. The molecule has 0 aliphatic rings. The molecule has 1 aromatic rings. The summed E-state index contributed by atoms with van der Waals surface area (Å²) in [4.78, 5) is 0. The summed E-state index contributed by atoms with van der Waals surface area (Å²) in [6.07, 6.45) is 2.07. The van der Waals surface area contributed by atoms with E-state index < -0.39 is 0 Å². The molecule has 3 heteroatoms. The summed E-state index contributed by atoms with van der Waals surface area (Å²) >= 11 is 0. The van der Waals surface area contributed by atoms with Crippen molar-refractivity contribution in [2.24, 2.45) is 0 Å². The molecule has 0 aliphatic carbocycles. The van der Waals surface area contributed by atoms with E-state index in [0.29, 0.717) is 12.6 Å². The van der Waals surface area contributed by atoms with Crippen molar-refractivity contribution in [3.8, 4) is 5.75 Å². The molecule has 0 fully saturated rings. The van der Waals surface area contributed by atoms with Crippen molar-refractivity contribution in [1.29, 1.82) is 0 Å². The maximum atomic E-state index is 5.53. The Hall–Kier alpha value is -1.06. The molecule has 1 aromatic carbocycles. The average Bonchev–Trinajstić information content (AvgIpc) is 2.41. The summed E-state index contributed by atoms with van der Waals surface area (Å²) in [7, 11) is 1.99. The molecule has 1 unspecified atom stereocenters. The van der Waals surface area contributed by atoms with Gasteiger partial charge in [0.2, 0.25) is 0 Å². The molecule has 0 amide bonds. The first-order valence-electron chi connectivity index (χ1n) is 6.79. The van der Waals surface area contributed by atoms with Crippen molar-refractivity contribution in [3.63, 3.8) is 0 Å². The van der Waals surface area contributed by atoms with Crippen molar-refractivity contribution >= 4 is 0 Å². The van der Waals surface area contributed by atoms with Gasteiger partial charge in [0.05, 0.1) is 6.61 Å². The lowest BCUT2D eigenvalue weighted by molar-refractivity contribution is 0.125. The summed E-state index contributed by atoms with van der Waals surface area (Å²) in [6.45, 7) is 6.48. The molecule has 0 aliphatic heterocycles. The van der Waals surface area contributed by atoms with E-state index in [1.54, 1.807) is 0 Å². The minimum atomic E-state index is 0.345. The van der Waals surface area contributed by atoms with Crippen LogP contribution in [0, 0.1) is 0 Å². The molecule has 3 nitrogen and oxygen atoms in total. The van der Waals surface area contributed by atoms with E-state index in [1.807, 2.05) is 26.1 Å². The fourth-order valence-corrected chi connectivity index (χ4v) is 1.89.